The van der Waals surface area contributed by atoms with Gasteiger partial charge in [-0.2, -0.15) is 0 Å². The molecule has 0 radical (unpaired) electrons. The highest BCUT2D eigenvalue weighted by Gasteiger charge is 2.28. The summed E-state index contributed by atoms with van der Waals surface area (Å²) in [4.78, 5) is 2.53. The van der Waals surface area contributed by atoms with Crippen LogP contribution >= 0.6 is 0 Å². The zero-order valence-corrected chi connectivity index (χ0v) is 12.3. The molecule has 0 saturated heterocycles. The lowest BCUT2D eigenvalue weighted by molar-refractivity contribution is 0.136. The lowest BCUT2D eigenvalue weighted by Crippen LogP contribution is -2.36. The van der Waals surface area contributed by atoms with Crippen LogP contribution in [0.4, 0.5) is 0 Å². The molecule has 1 aliphatic rings. The maximum Gasteiger partial charge on any atom is 0.0484 e. The number of nitrogens with zero attached hydrogens (tertiary/aromatic N) is 2. The molecule has 0 aliphatic carbocycles. The van der Waals surface area contributed by atoms with Gasteiger partial charge in [0, 0.05) is 49.3 Å². The summed E-state index contributed by atoms with van der Waals surface area (Å²) < 4.78 is 2.19. The molecule has 102 valence electrons. The molecule has 0 amide bonds. The van der Waals surface area contributed by atoms with Crippen LogP contribution in [0.25, 0.3) is 10.9 Å². The monoisotopic (exact) mass is 257 g/mol. The van der Waals surface area contributed by atoms with Crippen molar-refractivity contribution in [3.05, 3.63) is 35.0 Å². The highest BCUT2D eigenvalue weighted by Crippen LogP contribution is 2.33. The molecule has 3 heteroatoms. The Balaban J connectivity index is 2.10. The molecule has 1 aromatic carbocycles. The Labute approximate surface area is 115 Å². The summed E-state index contributed by atoms with van der Waals surface area (Å²) in [6, 6.07) is 4.69. The van der Waals surface area contributed by atoms with Gasteiger partial charge in [0.05, 0.1) is 0 Å². The average Bonchev–Trinajstić information content (AvgIpc) is 2.88. The molecule has 3 rings (SSSR count). The van der Waals surface area contributed by atoms with Crippen LogP contribution in [-0.4, -0.2) is 15.0 Å². The number of hydrogen-bond donors (Lipinski definition) is 1. The lowest BCUT2D eigenvalue weighted by Gasteiger charge is -2.31. The first-order valence-corrected chi connectivity index (χ1v) is 6.95. The quantitative estimate of drug-likeness (QED) is 0.852. The number of hydrogen-bond acceptors (Lipinski definition) is 2. The molecule has 1 aromatic heterocycles. The predicted molar refractivity (Wildman–Crippen MR) is 79.8 cm³/mol. The van der Waals surface area contributed by atoms with Crippen LogP contribution in [0.2, 0.25) is 0 Å². The normalized spacial score (nSPS) is 16.3. The van der Waals surface area contributed by atoms with E-state index in [1.165, 1.54) is 27.6 Å². The Kier molecular flexibility index (Phi) is 2.73. The van der Waals surface area contributed by atoms with E-state index in [-0.39, 0.29) is 5.54 Å². The number of aromatic nitrogens is 1. The second kappa shape index (κ2) is 4.09. The van der Waals surface area contributed by atoms with Crippen molar-refractivity contribution in [2.24, 2.45) is 12.8 Å². The highest BCUT2D eigenvalue weighted by atomic mass is 15.2. The number of nitrogens with two attached hydrogens (primary N) is 1. The molecule has 2 N–H and O–H groups in total. The largest absolute Gasteiger partial charge is 0.350 e. The van der Waals surface area contributed by atoms with Gasteiger partial charge in [-0.25, -0.2) is 0 Å². The summed E-state index contributed by atoms with van der Waals surface area (Å²) >= 11 is 0. The predicted octanol–water partition coefficient (Wildman–Crippen LogP) is 2.75. The summed E-state index contributed by atoms with van der Waals surface area (Å²) in [7, 11) is 2.10. The fraction of sp³-hybridized carbons (Fsp3) is 0.500. The van der Waals surface area contributed by atoms with Crippen LogP contribution in [0.3, 0.4) is 0 Å². The molecule has 0 saturated carbocycles. The number of aryl methyl sites for hydroxylation is 1. The van der Waals surface area contributed by atoms with Crippen molar-refractivity contribution in [2.75, 3.05) is 0 Å². The molecule has 1 aliphatic heterocycles. The molecule has 2 aromatic rings. The molecule has 0 spiro atoms. The van der Waals surface area contributed by atoms with E-state index in [0.29, 0.717) is 6.54 Å². The smallest absolute Gasteiger partial charge is 0.0484 e. The van der Waals surface area contributed by atoms with E-state index < -0.39 is 0 Å². The minimum atomic E-state index is 0.224. The molecule has 0 atom stereocenters. The Hall–Kier alpha value is -1.32. The average molecular weight is 257 g/mol. The van der Waals surface area contributed by atoms with Gasteiger partial charge in [-0.05, 0) is 49.6 Å². The van der Waals surface area contributed by atoms with E-state index in [9.17, 15) is 0 Å². The number of benzene rings is 1. The van der Waals surface area contributed by atoms with Gasteiger partial charge in [0.15, 0.2) is 0 Å². The second-order valence-corrected chi connectivity index (χ2v) is 6.63. The molecule has 0 fully saturated rings. The van der Waals surface area contributed by atoms with E-state index in [1.54, 1.807) is 0 Å². The van der Waals surface area contributed by atoms with Crippen molar-refractivity contribution < 1.29 is 0 Å². The third kappa shape index (κ3) is 1.97. The van der Waals surface area contributed by atoms with Crippen molar-refractivity contribution in [3.8, 4) is 0 Å². The summed E-state index contributed by atoms with van der Waals surface area (Å²) in [5.74, 6) is 0. The van der Waals surface area contributed by atoms with Crippen LogP contribution in [0, 0.1) is 0 Å². The first-order chi connectivity index (χ1) is 8.90. The van der Waals surface area contributed by atoms with Gasteiger partial charge in [0.2, 0.25) is 0 Å². The number of rotatable bonds is 1. The van der Waals surface area contributed by atoms with Gasteiger partial charge in [0.25, 0.3) is 0 Å². The third-order valence-electron chi connectivity index (χ3n) is 4.28. The van der Waals surface area contributed by atoms with Gasteiger partial charge in [0.1, 0.15) is 0 Å². The molecule has 3 nitrogen and oxygen atoms in total. The lowest BCUT2D eigenvalue weighted by atomic mass is 10.1. The standard InChI is InChI=1S/C16H23N3/c1-16(2,3)19-9-11-5-14-13(7-17)8-18(4)15(14)6-12(11)10-19/h5-6,8H,7,9-10,17H2,1-4H3. The third-order valence-corrected chi connectivity index (χ3v) is 4.28. The molecule has 0 bridgehead atoms. The van der Waals surface area contributed by atoms with Crippen LogP contribution < -0.4 is 5.73 Å². The van der Waals surface area contributed by atoms with Crippen molar-refractivity contribution >= 4 is 10.9 Å². The van der Waals surface area contributed by atoms with Gasteiger partial charge >= 0.3 is 0 Å². The van der Waals surface area contributed by atoms with Gasteiger partial charge in [-0.15, -0.1) is 0 Å². The summed E-state index contributed by atoms with van der Waals surface area (Å²) in [6.07, 6.45) is 2.15. The van der Waals surface area contributed by atoms with Crippen LogP contribution in [0.1, 0.15) is 37.5 Å². The van der Waals surface area contributed by atoms with E-state index >= 15 is 0 Å². The minimum absolute atomic E-state index is 0.224. The van der Waals surface area contributed by atoms with Crippen LogP contribution in [0.15, 0.2) is 18.3 Å². The van der Waals surface area contributed by atoms with E-state index in [0.717, 1.165) is 13.1 Å². The van der Waals surface area contributed by atoms with Crippen LogP contribution in [0.5, 0.6) is 0 Å². The van der Waals surface area contributed by atoms with Gasteiger partial charge < -0.3 is 10.3 Å². The fourth-order valence-corrected chi connectivity index (χ4v) is 3.00. The van der Waals surface area contributed by atoms with Crippen molar-refractivity contribution in [1.29, 1.82) is 0 Å². The first kappa shape index (κ1) is 12.7. The van der Waals surface area contributed by atoms with Crippen molar-refractivity contribution in [2.45, 2.75) is 45.9 Å². The maximum atomic E-state index is 5.85. The fourth-order valence-electron chi connectivity index (χ4n) is 3.00. The van der Waals surface area contributed by atoms with Gasteiger partial charge in [-0.1, -0.05) is 0 Å². The maximum absolute atomic E-state index is 5.85. The Morgan fingerprint density at radius 1 is 1.16 bits per heavy atom. The highest BCUT2D eigenvalue weighted by molar-refractivity contribution is 5.85. The Bertz CT molecular complexity index is 631. The molecular formula is C16H23N3. The van der Waals surface area contributed by atoms with Gasteiger partial charge in [-0.3, -0.25) is 4.90 Å². The zero-order chi connectivity index (χ0) is 13.8. The SMILES string of the molecule is Cn1cc(CN)c2cc3c(cc21)CN(C(C)(C)C)C3. The molecule has 0 unspecified atom stereocenters. The topological polar surface area (TPSA) is 34.2 Å². The minimum Gasteiger partial charge on any atom is -0.350 e. The Morgan fingerprint density at radius 2 is 1.79 bits per heavy atom. The van der Waals surface area contributed by atoms with E-state index in [2.05, 4.69) is 55.6 Å². The molecule has 19 heavy (non-hydrogen) atoms. The van der Waals surface area contributed by atoms with Crippen molar-refractivity contribution in [3.63, 3.8) is 0 Å². The second-order valence-electron chi connectivity index (χ2n) is 6.63. The van der Waals surface area contributed by atoms with E-state index in [1.807, 2.05) is 0 Å². The van der Waals surface area contributed by atoms with Crippen molar-refractivity contribution in [1.82, 2.24) is 9.47 Å². The van der Waals surface area contributed by atoms with Crippen LogP contribution in [-0.2, 0) is 26.7 Å². The number of fused-ring (bicyclic) bond motifs is 2. The zero-order valence-electron chi connectivity index (χ0n) is 12.3. The summed E-state index contributed by atoms with van der Waals surface area (Å²) in [5.41, 5.74) is 11.5. The Morgan fingerprint density at radius 3 is 2.37 bits per heavy atom. The molecule has 2 heterocycles. The van der Waals surface area contributed by atoms with E-state index in [4.69, 9.17) is 5.73 Å². The first-order valence-electron chi connectivity index (χ1n) is 6.95. The summed E-state index contributed by atoms with van der Waals surface area (Å²) in [6.45, 7) is 9.56. The summed E-state index contributed by atoms with van der Waals surface area (Å²) in [5, 5.41) is 1.32. The molecular weight excluding hydrogens is 234 g/mol.